The number of carbonyl (C=O) groups is 1. The first-order chi connectivity index (χ1) is 18.3. The van der Waals surface area contributed by atoms with Gasteiger partial charge >= 0.3 is 0 Å². The quantitative estimate of drug-likeness (QED) is 0.406. The van der Waals surface area contributed by atoms with Crippen molar-refractivity contribution in [1.82, 2.24) is 24.6 Å². The first kappa shape index (κ1) is 22.0. The molecule has 3 aromatic carbocycles. The van der Waals surface area contributed by atoms with Gasteiger partial charge in [-0.15, -0.1) is 0 Å². The van der Waals surface area contributed by atoms with Gasteiger partial charge in [0.25, 0.3) is 0 Å². The zero-order chi connectivity index (χ0) is 24.8. The molecule has 0 saturated carbocycles. The summed E-state index contributed by atoms with van der Waals surface area (Å²) >= 11 is 0. The molecule has 0 spiro atoms. The molecule has 184 valence electrons. The largest absolute Gasteiger partial charge is 0.354 e. The molecule has 1 aliphatic carbocycles. The Morgan fingerprint density at radius 1 is 0.811 bits per heavy atom. The molecule has 0 radical (unpaired) electrons. The second-order valence-electron chi connectivity index (χ2n) is 9.78. The molecule has 0 unspecified atom stereocenters. The molecule has 7 heteroatoms. The average Bonchev–Trinajstić information content (AvgIpc) is 3.49. The van der Waals surface area contributed by atoms with E-state index in [0.29, 0.717) is 6.54 Å². The van der Waals surface area contributed by atoms with Crippen molar-refractivity contribution in [3.63, 3.8) is 0 Å². The Morgan fingerprint density at radius 3 is 2.24 bits per heavy atom. The Bertz CT molecular complexity index is 1570. The van der Waals surface area contributed by atoms with E-state index in [9.17, 15) is 4.79 Å². The molecule has 37 heavy (non-hydrogen) atoms. The molecule has 0 bridgehead atoms. The lowest BCUT2D eigenvalue weighted by Gasteiger charge is -2.35. The van der Waals surface area contributed by atoms with Gasteiger partial charge in [0.2, 0.25) is 11.7 Å². The topological polar surface area (TPSA) is 65.8 Å². The number of rotatable bonds is 5. The molecule has 1 amide bonds. The van der Waals surface area contributed by atoms with Gasteiger partial charge in [-0.1, -0.05) is 60.7 Å². The molecule has 1 aliphatic heterocycles. The summed E-state index contributed by atoms with van der Waals surface area (Å²) in [6, 6.07) is 26.7. The highest BCUT2D eigenvalue weighted by atomic mass is 16.1. The molecule has 5 aromatic rings. The summed E-state index contributed by atoms with van der Waals surface area (Å²) in [5, 5.41) is 3.21. The third-order valence-electron chi connectivity index (χ3n) is 7.68. The van der Waals surface area contributed by atoms with Crippen LogP contribution in [0.15, 0.2) is 85.1 Å². The van der Waals surface area contributed by atoms with E-state index in [1.165, 1.54) is 11.1 Å². The maximum atomic E-state index is 13.3. The van der Waals surface area contributed by atoms with Crippen LogP contribution >= 0.6 is 0 Å². The Kier molecular flexibility index (Phi) is 5.36. The van der Waals surface area contributed by atoms with Gasteiger partial charge in [0, 0.05) is 45.5 Å². The number of imidazole rings is 1. The summed E-state index contributed by atoms with van der Waals surface area (Å²) in [7, 11) is 0. The van der Waals surface area contributed by atoms with Crippen molar-refractivity contribution >= 4 is 28.5 Å². The Hall–Kier alpha value is -4.23. The van der Waals surface area contributed by atoms with E-state index in [2.05, 4.69) is 62.7 Å². The fraction of sp³-hybridized carbons (Fsp3) is 0.233. The monoisotopic (exact) mass is 488 g/mol. The Labute approximate surface area is 215 Å². The van der Waals surface area contributed by atoms with Gasteiger partial charge < -0.3 is 10.2 Å². The van der Waals surface area contributed by atoms with Crippen LogP contribution in [0.5, 0.6) is 0 Å². The van der Waals surface area contributed by atoms with Gasteiger partial charge in [-0.25, -0.2) is 4.98 Å². The lowest BCUT2D eigenvalue weighted by molar-refractivity contribution is -0.121. The number of hydrogen-bond donors (Lipinski definition) is 1. The zero-order valence-corrected chi connectivity index (χ0v) is 20.5. The molecule has 0 atom stereocenters. The second-order valence-corrected chi connectivity index (χ2v) is 9.78. The smallest absolute Gasteiger partial charge is 0.236 e. The summed E-state index contributed by atoms with van der Waals surface area (Å²) in [5.74, 6) is 1.55. The summed E-state index contributed by atoms with van der Waals surface area (Å²) < 4.78 is 2.04. The van der Waals surface area contributed by atoms with Crippen LogP contribution in [-0.4, -0.2) is 64.4 Å². The molecule has 1 saturated heterocycles. The van der Waals surface area contributed by atoms with E-state index in [1.54, 1.807) is 0 Å². The van der Waals surface area contributed by atoms with Crippen LogP contribution in [0, 0.1) is 0 Å². The van der Waals surface area contributed by atoms with Crippen molar-refractivity contribution in [2.45, 2.75) is 5.92 Å². The molecule has 2 aliphatic rings. The number of benzene rings is 3. The lowest BCUT2D eigenvalue weighted by atomic mass is 9.96. The number of fused-ring (bicyclic) bond motifs is 6. The normalized spacial score (nSPS) is 15.7. The van der Waals surface area contributed by atoms with E-state index in [1.807, 2.05) is 46.9 Å². The first-order valence-electron chi connectivity index (χ1n) is 12.9. The predicted octanol–water partition coefficient (Wildman–Crippen LogP) is 3.93. The number of para-hydroxylation sites is 2. The highest BCUT2D eigenvalue weighted by molar-refractivity contribution is 5.96. The Balaban J connectivity index is 0.962. The van der Waals surface area contributed by atoms with Crippen molar-refractivity contribution in [2.75, 3.05) is 44.2 Å². The number of hydrogen-bond acceptors (Lipinski definition) is 5. The van der Waals surface area contributed by atoms with E-state index in [0.717, 1.165) is 66.5 Å². The van der Waals surface area contributed by atoms with E-state index >= 15 is 0 Å². The maximum Gasteiger partial charge on any atom is 0.236 e. The maximum absolute atomic E-state index is 13.3. The van der Waals surface area contributed by atoms with E-state index < -0.39 is 0 Å². The number of aromatic nitrogens is 3. The summed E-state index contributed by atoms with van der Waals surface area (Å²) in [4.78, 5) is 27.5. The van der Waals surface area contributed by atoms with Crippen LogP contribution in [0.1, 0.15) is 17.0 Å². The highest BCUT2D eigenvalue weighted by Gasteiger charge is 2.33. The average molecular weight is 489 g/mol. The standard InChI is InChI=1S/C30H28N6O/c37-29(28-23-9-3-1-7-21(23)22-8-2-4-10-24(22)28)31-14-16-34-17-19-35(20-18-34)27-13-15-36-26-12-6-5-11-25(26)32-30(36)33-27/h1-13,15,28H,14,16-20H2,(H,31,37). The molecule has 1 fully saturated rings. The summed E-state index contributed by atoms with van der Waals surface area (Å²) in [5.41, 5.74) is 6.58. The molecular formula is C30H28N6O. The predicted molar refractivity (Wildman–Crippen MR) is 146 cm³/mol. The number of nitrogens with zero attached hydrogens (tertiary/aromatic N) is 5. The number of anilines is 1. The summed E-state index contributed by atoms with van der Waals surface area (Å²) in [6.07, 6.45) is 2.06. The zero-order valence-electron chi connectivity index (χ0n) is 20.5. The SMILES string of the molecule is O=C(NCCN1CCN(c2ccn3c(n2)nc2ccccc23)CC1)C1c2ccccc2-c2ccccc21. The minimum absolute atomic E-state index is 0.0839. The third-order valence-corrected chi connectivity index (χ3v) is 7.68. The minimum atomic E-state index is -0.232. The van der Waals surface area contributed by atoms with Crippen molar-refractivity contribution in [2.24, 2.45) is 0 Å². The minimum Gasteiger partial charge on any atom is -0.354 e. The molecule has 2 aromatic heterocycles. The number of nitrogens with one attached hydrogen (secondary N) is 1. The first-order valence-corrected chi connectivity index (χ1v) is 12.9. The molecule has 1 N–H and O–H groups in total. The summed E-state index contributed by atoms with van der Waals surface area (Å²) in [6.45, 7) is 5.17. The lowest BCUT2D eigenvalue weighted by Crippen LogP contribution is -2.49. The van der Waals surface area contributed by atoms with Gasteiger partial charge in [-0.05, 0) is 40.5 Å². The van der Waals surface area contributed by atoms with Crippen LogP contribution in [0.3, 0.4) is 0 Å². The number of carbonyl (C=O) groups excluding carboxylic acids is 1. The van der Waals surface area contributed by atoms with Gasteiger partial charge in [0.1, 0.15) is 5.82 Å². The van der Waals surface area contributed by atoms with Crippen molar-refractivity contribution in [3.8, 4) is 11.1 Å². The molecule has 7 nitrogen and oxygen atoms in total. The number of piperazine rings is 1. The van der Waals surface area contributed by atoms with E-state index in [-0.39, 0.29) is 11.8 Å². The Morgan fingerprint density at radius 2 is 1.49 bits per heavy atom. The fourth-order valence-electron chi connectivity index (χ4n) is 5.79. The number of amides is 1. The van der Waals surface area contributed by atoms with Gasteiger partial charge in [0.15, 0.2) is 0 Å². The van der Waals surface area contributed by atoms with Crippen LogP contribution in [0.2, 0.25) is 0 Å². The molecular weight excluding hydrogens is 460 g/mol. The van der Waals surface area contributed by atoms with Crippen LogP contribution in [0.4, 0.5) is 5.82 Å². The van der Waals surface area contributed by atoms with Gasteiger partial charge in [0.05, 0.1) is 17.0 Å². The third kappa shape index (κ3) is 3.83. The van der Waals surface area contributed by atoms with E-state index in [4.69, 9.17) is 4.98 Å². The van der Waals surface area contributed by atoms with Crippen molar-refractivity contribution in [3.05, 3.63) is 96.2 Å². The second kappa shape index (κ2) is 9.01. The van der Waals surface area contributed by atoms with Crippen LogP contribution < -0.4 is 10.2 Å². The van der Waals surface area contributed by atoms with Crippen molar-refractivity contribution < 1.29 is 4.79 Å². The van der Waals surface area contributed by atoms with Gasteiger partial charge in [-0.2, -0.15) is 4.98 Å². The van der Waals surface area contributed by atoms with Crippen LogP contribution in [0.25, 0.3) is 27.9 Å². The van der Waals surface area contributed by atoms with Gasteiger partial charge in [-0.3, -0.25) is 14.1 Å². The fourth-order valence-corrected chi connectivity index (χ4v) is 5.79. The van der Waals surface area contributed by atoms with Crippen molar-refractivity contribution in [1.29, 1.82) is 0 Å². The molecule has 3 heterocycles. The highest BCUT2D eigenvalue weighted by Crippen LogP contribution is 2.44. The van der Waals surface area contributed by atoms with Crippen LogP contribution in [-0.2, 0) is 4.79 Å². The molecule has 7 rings (SSSR count).